The van der Waals surface area contributed by atoms with E-state index in [2.05, 4.69) is 0 Å². The molecular weight excluding hydrogens is 569 g/mol. The molecule has 0 aromatic heterocycles. The molecule has 38 heavy (non-hydrogen) atoms. The molecule has 4 aromatic rings. The fraction of sp³-hybridized carbons (Fsp3) is 0.0714. The molecule has 4 rings (SSSR count). The van der Waals surface area contributed by atoms with Crippen molar-refractivity contribution in [3.63, 3.8) is 0 Å². The Balaban J connectivity index is 1.74. The van der Waals surface area contributed by atoms with Gasteiger partial charge in [-0.05, 0) is 74.5 Å². The molecule has 0 saturated heterocycles. The maximum atomic E-state index is 13.8. The van der Waals surface area contributed by atoms with Gasteiger partial charge in [-0.2, -0.15) is 4.31 Å². The number of anilines is 1. The number of amides is 1. The maximum absolute atomic E-state index is 13.8. The van der Waals surface area contributed by atoms with Crippen LogP contribution in [0.4, 0.5) is 5.69 Å². The average Bonchev–Trinajstić information content (AvgIpc) is 2.88. The lowest BCUT2D eigenvalue weighted by Gasteiger charge is -2.24. The largest absolute Gasteiger partial charge is 0.423 e. The van der Waals surface area contributed by atoms with Crippen molar-refractivity contribution in [2.45, 2.75) is 18.7 Å². The van der Waals surface area contributed by atoms with Gasteiger partial charge < -0.3 is 4.74 Å². The van der Waals surface area contributed by atoms with Crippen LogP contribution in [0.1, 0.15) is 31.8 Å². The molecule has 0 aliphatic rings. The van der Waals surface area contributed by atoms with Gasteiger partial charge in [-0.1, -0.05) is 70.2 Å². The highest BCUT2D eigenvalue weighted by Crippen LogP contribution is 2.36. The quantitative estimate of drug-likeness (QED) is 0.132. The summed E-state index contributed by atoms with van der Waals surface area (Å²) in [7, 11) is -4.56. The molecule has 0 N–H and O–H groups in total. The Morgan fingerprint density at radius 2 is 1.18 bits per heavy atom. The van der Waals surface area contributed by atoms with Crippen molar-refractivity contribution in [1.82, 2.24) is 0 Å². The van der Waals surface area contributed by atoms with Crippen molar-refractivity contribution in [3.05, 3.63) is 122 Å². The van der Waals surface area contributed by atoms with Crippen LogP contribution in [0.3, 0.4) is 0 Å². The summed E-state index contributed by atoms with van der Waals surface area (Å²) in [5, 5.41) is -0.188. The molecule has 0 spiro atoms. The molecule has 0 bridgehead atoms. The highest BCUT2D eigenvalue weighted by atomic mass is 35.5. The van der Waals surface area contributed by atoms with Gasteiger partial charge in [-0.25, -0.2) is 13.2 Å². The summed E-state index contributed by atoms with van der Waals surface area (Å²) < 4.78 is 33.6. The monoisotopic (exact) mass is 587 g/mol. The molecule has 0 saturated carbocycles. The first-order chi connectivity index (χ1) is 18.0. The van der Waals surface area contributed by atoms with Crippen LogP contribution in [0.25, 0.3) is 0 Å². The summed E-state index contributed by atoms with van der Waals surface area (Å²) >= 11 is 18.3. The SMILES string of the molecule is Cc1ccc(C(=O)Oc2ccc(N(C(=O)c3ccc(C)cc3)S(=O)(=O)c3cc(Cl)c(Cl)cc3Cl)cc2)cc1. The number of hydrogen-bond acceptors (Lipinski definition) is 5. The van der Waals surface area contributed by atoms with Crippen molar-refractivity contribution in [2.75, 3.05) is 4.31 Å². The molecule has 6 nitrogen and oxygen atoms in total. The Morgan fingerprint density at radius 1 is 0.684 bits per heavy atom. The second kappa shape index (κ2) is 11.2. The lowest BCUT2D eigenvalue weighted by atomic mass is 10.1. The Morgan fingerprint density at radius 3 is 1.74 bits per heavy atom. The zero-order valence-corrected chi connectivity index (χ0v) is 23.2. The molecule has 4 aromatic carbocycles. The number of rotatable bonds is 6. The summed E-state index contributed by atoms with van der Waals surface area (Å²) in [4.78, 5) is 25.7. The van der Waals surface area contributed by atoms with E-state index in [4.69, 9.17) is 39.5 Å². The maximum Gasteiger partial charge on any atom is 0.343 e. The number of carbonyl (C=O) groups is 2. The van der Waals surface area contributed by atoms with Crippen LogP contribution in [-0.2, 0) is 10.0 Å². The molecule has 10 heteroatoms. The topological polar surface area (TPSA) is 80.8 Å². The van der Waals surface area contributed by atoms with Gasteiger partial charge in [0.25, 0.3) is 15.9 Å². The zero-order valence-electron chi connectivity index (χ0n) is 20.1. The van der Waals surface area contributed by atoms with Gasteiger partial charge in [0.2, 0.25) is 0 Å². The van der Waals surface area contributed by atoms with E-state index >= 15 is 0 Å². The van der Waals surface area contributed by atoms with Crippen LogP contribution in [0.5, 0.6) is 5.75 Å². The first-order valence-electron chi connectivity index (χ1n) is 11.2. The number of aryl methyl sites for hydroxylation is 2. The minimum atomic E-state index is -4.56. The first kappa shape index (κ1) is 27.7. The van der Waals surface area contributed by atoms with Crippen LogP contribution < -0.4 is 9.04 Å². The fourth-order valence-corrected chi connectivity index (χ4v) is 5.88. The highest BCUT2D eigenvalue weighted by Gasteiger charge is 2.34. The van der Waals surface area contributed by atoms with Crippen molar-refractivity contribution in [1.29, 1.82) is 0 Å². The third kappa shape index (κ3) is 5.87. The van der Waals surface area contributed by atoms with Gasteiger partial charge in [-0.3, -0.25) is 4.79 Å². The predicted octanol–water partition coefficient (Wildman–Crippen LogP) is 7.52. The molecule has 1 amide bonds. The van der Waals surface area contributed by atoms with Gasteiger partial charge in [0.05, 0.1) is 26.3 Å². The van der Waals surface area contributed by atoms with Gasteiger partial charge in [0.15, 0.2) is 0 Å². The van der Waals surface area contributed by atoms with Gasteiger partial charge in [-0.15, -0.1) is 0 Å². The minimum absolute atomic E-state index is 0.00662. The summed E-state index contributed by atoms with van der Waals surface area (Å²) in [6.45, 7) is 3.74. The Hall–Kier alpha value is -3.36. The normalized spacial score (nSPS) is 11.2. The average molecular weight is 589 g/mol. The number of nitrogens with zero attached hydrogens (tertiary/aromatic N) is 1. The van der Waals surface area contributed by atoms with E-state index in [1.165, 1.54) is 42.5 Å². The molecule has 0 heterocycles. The molecule has 0 fully saturated rings. The number of carbonyl (C=O) groups excluding carboxylic acids is 2. The standard InChI is InChI=1S/C28H20Cl3NO5S/c1-17-3-7-19(8-4-17)27(33)32(38(35,36)26-16-24(30)23(29)15-25(26)31)21-11-13-22(14-12-21)37-28(34)20-9-5-18(2)6-10-20/h3-16H,1-2H3. The van der Waals surface area contributed by atoms with E-state index in [1.54, 1.807) is 36.4 Å². The van der Waals surface area contributed by atoms with Crippen LogP contribution >= 0.6 is 34.8 Å². The van der Waals surface area contributed by atoms with Crippen LogP contribution in [-0.4, -0.2) is 20.3 Å². The summed E-state index contributed by atoms with van der Waals surface area (Å²) in [6.07, 6.45) is 0. The number of ether oxygens (including phenoxy) is 1. The molecule has 0 aliphatic carbocycles. The van der Waals surface area contributed by atoms with E-state index in [9.17, 15) is 18.0 Å². The number of esters is 1. The number of sulfonamides is 1. The molecule has 0 radical (unpaired) electrons. The predicted molar refractivity (Wildman–Crippen MR) is 149 cm³/mol. The van der Waals surface area contributed by atoms with Crippen molar-refractivity contribution in [2.24, 2.45) is 0 Å². The molecular formula is C28H20Cl3NO5S. The molecule has 0 unspecified atom stereocenters. The van der Waals surface area contributed by atoms with E-state index in [-0.39, 0.29) is 32.1 Å². The second-order valence-electron chi connectivity index (χ2n) is 8.39. The molecule has 0 atom stereocenters. The summed E-state index contributed by atoms with van der Waals surface area (Å²) in [5.41, 5.74) is 2.36. The first-order valence-corrected chi connectivity index (χ1v) is 13.7. The number of benzene rings is 4. The van der Waals surface area contributed by atoms with Crippen molar-refractivity contribution >= 4 is 62.4 Å². The van der Waals surface area contributed by atoms with E-state index in [1.807, 2.05) is 13.8 Å². The molecule has 194 valence electrons. The highest BCUT2D eigenvalue weighted by molar-refractivity contribution is 7.93. The van der Waals surface area contributed by atoms with E-state index in [0.717, 1.165) is 17.2 Å². The third-order valence-corrected chi connectivity index (χ3v) is 8.44. The smallest absolute Gasteiger partial charge is 0.343 e. The Labute approximate surface area is 235 Å². The zero-order chi connectivity index (χ0) is 27.6. The van der Waals surface area contributed by atoms with Gasteiger partial charge in [0.1, 0.15) is 10.6 Å². The Bertz CT molecular complexity index is 1620. The number of halogens is 3. The molecule has 0 aliphatic heterocycles. The lowest BCUT2D eigenvalue weighted by molar-refractivity contribution is 0.0734. The minimum Gasteiger partial charge on any atom is -0.423 e. The number of hydrogen-bond donors (Lipinski definition) is 0. The van der Waals surface area contributed by atoms with Crippen LogP contribution in [0.2, 0.25) is 15.1 Å². The van der Waals surface area contributed by atoms with Crippen LogP contribution in [0, 0.1) is 13.8 Å². The van der Waals surface area contributed by atoms with Crippen molar-refractivity contribution < 1.29 is 22.7 Å². The fourth-order valence-electron chi connectivity index (χ4n) is 3.48. The van der Waals surface area contributed by atoms with E-state index in [0.29, 0.717) is 9.87 Å². The second-order valence-corrected chi connectivity index (χ2v) is 11.4. The summed E-state index contributed by atoms with van der Waals surface area (Å²) in [6, 6.07) is 21.1. The van der Waals surface area contributed by atoms with Crippen LogP contribution in [0.15, 0.2) is 89.8 Å². The third-order valence-electron chi connectivity index (χ3n) is 5.55. The van der Waals surface area contributed by atoms with Gasteiger partial charge >= 0.3 is 5.97 Å². The van der Waals surface area contributed by atoms with Gasteiger partial charge in [0, 0.05) is 5.56 Å². The Kier molecular flexibility index (Phi) is 8.13. The summed E-state index contributed by atoms with van der Waals surface area (Å²) in [5.74, 6) is -1.25. The van der Waals surface area contributed by atoms with E-state index < -0.39 is 26.8 Å². The van der Waals surface area contributed by atoms with Crippen molar-refractivity contribution in [3.8, 4) is 5.75 Å². The lowest BCUT2D eigenvalue weighted by Crippen LogP contribution is -2.37.